The van der Waals surface area contributed by atoms with E-state index in [1.54, 1.807) is 12.1 Å². The maximum atomic E-state index is 12.4. The predicted molar refractivity (Wildman–Crippen MR) is 84.5 cm³/mol. The number of benzene rings is 1. The van der Waals surface area contributed by atoms with Crippen molar-refractivity contribution in [1.29, 1.82) is 0 Å². The van der Waals surface area contributed by atoms with Crippen molar-refractivity contribution < 1.29 is 14.6 Å². The summed E-state index contributed by atoms with van der Waals surface area (Å²) in [6.45, 7) is 5.43. The van der Waals surface area contributed by atoms with Gasteiger partial charge in [-0.25, -0.2) is 0 Å². The van der Waals surface area contributed by atoms with Gasteiger partial charge >= 0.3 is 0 Å². The van der Waals surface area contributed by atoms with E-state index in [1.165, 1.54) is 19.3 Å². The lowest BCUT2D eigenvalue weighted by Crippen LogP contribution is -2.71. The van der Waals surface area contributed by atoms with E-state index in [-0.39, 0.29) is 19.1 Å². The highest BCUT2D eigenvalue weighted by Crippen LogP contribution is 2.55. The van der Waals surface area contributed by atoms with E-state index < -0.39 is 0 Å². The van der Waals surface area contributed by atoms with Gasteiger partial charge in [-0.1, -0.05) is 32.4 Å². The van der Waals surface area contributed by atoms with Crippen molar-refractivity contribution in [3.8, 4) is 5.75 Å². The maximum absolute atomic E-state index is 12.4. The smallest absolute Gasteiger partial charge is 0.260 e. The van der Waals surface area contributed by atoms with Gasteiger partial charge in [-0.2, -0.15) is 0 Å². The highest BCUT2D eigenvalue weighted by Gasteiger charge is 2.58. The minimum absolute atomic E-state index is 0.0190. The topological polar surface area (TPSA) is 49.8 Å². The summed E-state index contributed by atoms with van der Waals surface area (Å²) in [4.78, 5) is 14.4. The van der Waals surface area contributed by atoms with Gasteiger partial charge in [0, 0.05) is 18.0 Å². The Morgan fingerprint density at radius 3 is 2.55 bits per heavy atom. The van der Waals surface area contributed by atoms with Gasteiger partial charge in [0.05, 0.1) is 6.61 Å². The number of hydrogen-bond acceptors (Lipinski definition) is 3. The fraction of sp³-hybridized carbons (Fsp3) is 0.611. The Morgan fingerprint density at radius 2 is 2.05 bits per heavy atom. The molecule has 1 amide bonds. The van der Waals surface area contributed by atoms with E-state index in [1.807, 2.05) is 17.0 Å². The number of carbonyl (C=O) groups excluding carboxylic acids is 1. The molecule has 0 aromatic heterocycles. The summed E-state index contributed by atoms with van der Waals surface area (Å²) in [6.07, 6.45) is 3.84. The van der Waals surface area contributed by atoms with Gasteiger partial charge in [-0.05, 0) is 36.5 Å². The molecule has 0 radical (unpaired) electrons. The fourth-order valence-corrected chi connectivity index (χ4v) is 4.06. The summed E-state index contributed by atoms with van der Waals surface area (Å²) in [5.41, 5.74) is 1.25. The van der Waals surface area contributed by atoms with Gasteiger partial charge in [-0.15, -0.1) is 0 Å². The Bertz CT molecular complexity index is 534. The van der Waals surface area contributed by atoms with Crippen molar-refractivity contribution >= 4 is 5.91 Å². The lowest BCUT2D eigenvalue weighted by atomic mass is 9.55. The second kappa shape index (κ2) is 5.92. The lowest BCUT2D eigenvalue weighted by Gasteiger charge is -2.64. The first kappa shape index (κ1) is 15.3. The van der Waals surface area contributed by atoms with Crippen LogP contribution in [-0.4, -0.2) is 35.1 Å². The molecule has 4 nitrogen and oxygen atoms in total. The molecule has 1 unspecified atom stereocenters. The Labute approximate surface area is 132 Å². The zero-order chi connectivity index (χ0) is 15.7. The fourth-order valence-electron chi connectivity index (χ4n) is 4.06. The molecule has 1 spiro atoms. The van der Waals surface area contributed by atoms with Crippen molar-refractivity contribution in [3.05, 3.63) is 29.8 Å². The number of ether oxygens (including phenoxy) is 1. The van der Waals surface area contributed by atoms with Gasteiger partial charge in [-0.3, -0.25) is 4.79 Å². The molecule has 1 N–H and O–H groups in total. The van der Waals surface area contributed by atoms with Gasteiger partial charge < -0.3 is 14.7 Å². The van der Waals surface area contributed by atoms with Gasteiger partial charge in [0.1, 0.15) is 5.75 Å². The number of amides is 1. The molecule has 120 valence electrons. The average molecular weight is 303 g/mol. The number of rotatable bonds is 5. The van der Waals surface area contributed by atoms with Gasteiger partial charge in [0.2, 0.25) is 0 Å². The molecule has 1 aromatic rings. The minimum atomic E-state index is 0.0190. The largest absolute Gasteiger partial charge is 0.484 e. The first-order valence-electron chi connectivity index (χ1n) is 8.18. The molecular weight excluding hydrogens is 278 g/mol. The molecule has 22 heavy (non-hydrogen) atoms. The standard InChI is InChI=1S/C18H25NO3/c1-13(2)17-18(8-3-9-18)12-19(17)16(21)11-22-15-6-4-14(10-20)5-7-15/h4-7,13,17,20H,3,8-12H2,1-2H3. The second-order valence-electron chi connectivity index (χ2n) is 7.02. The Balaban J connectivity index is 1.55. The SMILES string of the molecule is CC(C)C1N(C(=O)COc2ccc(CO)cc2)CC12CCC2. The van der Waals surface area contributed by atoms with E-state index in [4.69, 9.17) is 9.84 Å². The monoisotopic (exact) mass is 303 g/mol. The van der Waals surface area contributed by atoms with Gasteiger partial charge in [0.25, 0.3) is 5.91 Å². The number of nitrogens with zero attached hydrogens (tertiary/aromatic N) is 1. The van der Waals surface area contributed by atoms with Crippen molar-refractivity contribution in [2.45, 2.75) is 45.8 Å². The Hall–Kier alpha value is -1.55. The van der Waals surface area contributed by atoms with Crippen molar-refractivity contribution in [2.24, 2.45) is 11.3 Å². The van der Waals surface area contributed by atoms with Crippen LogP contribution in [0.2, 0.25) is 0 Å². The van der Waals surface area contributed by atoms with E-state index >= 15 is 0 Å². The highest BCUT2D eigenvalue weighted by molar-refractivity contribution is 5.79. The lowest BCUT2D eigenvalue weighted by molar-refractivity contribution is -0.176. The molecule has 1 aliphatic heterocycles. The van der Waals surface area contributed by atoms with E-state index in [0.717, 1.165) is 12.1 Å². The summed E-state index contributed by atoms with van der Waals surface area (Å²) in [5, 5.41) is 9.02. The third-order valence-corrected chi connectivity index (χ3v) is 5.22. The van der Waals surface area contributed by atoms with E-state index in [0.29, 0.717) is 23.1 Å². The highest BCUT2D eigenvalue weighted by atomic mass is 16.5. The summed E-state index contributed by atoms with van der Waals surface area (Å²) >= 11 is 0. The molecule has 1 aliphatic carbocycles. The molecule has 1 saturated carbocycles. The van der Waals surface area contributed by atoms with Crippen LogP contribution in [0, 0.1) is 11.3 Å². The predicted octanol–water partition coefficient (Wildman–Crippen LogP) is 2.59. The maximum Gasteiger partial charge on any atom is 0.260 e. The quantitative estimate of drug-likeness (QED) is 0.909. The Morgan fingerprint density at radius 1 is 1.36 bits per heavy atom. The molecule has 1 saturated heterocycles. The normalized spacial score (nSPS) is 22.4. The molecule has 1 atom stereocenters. The molecule has 1 heterocycles. The van der Waals surface area contributed by atoms with Crippen LogP contribution in [0.25, 0.3) is 0 Å². The molecule has 3 rings (SSSR count). The third-order valence-electron chi connectivity index (χ3n) is 5.22. The summed E-state index contributed by atoms with van der Waals surface area (Å²) in [6, 6.07) is 7.59. The summed E-state index contributed by atoms with van der Waals surface area (Å²) < 4.78 is 5.60. The average Bonchev–Trinajstić information content (AvgIpc) is 2.42. The van der Waals surface area contributed by atoms with Crippen molar-refractivity contribution in [2.75, 3.05) is 13.2 Å². The van der Waals surface area contributed by atoms with Crippen LogP contribution in [0.15, 0.2) is 24.3 Å². The first-order chi connectivity index (χ1) is 10.6. The molecular formula is C18H25NO3. The number of likely N-dealkylation sites (tertiary alicyclic amines) is 1. The molecule has 2 aliphatic rings. The number of hydrogen-bond donors (Lipinski definition) is 1. The molecule has 0 bridgehead atoms. The zero-order valence-electron chi connectivity index (χ0n) is 13.4. The molecule has 1 aromatic carbocycles. The number of carbonyl (C=O) groups is 1. The molecule has 2 fully saturated rings. The van der Waals surface area contributed by atoms with Crippen LogP contribution in [0.4, 0.5) is 0 Å². The van der Waals surface area contributed by atoms with Crippen LogP contribution >= 0.6 is 0 Å². The van der Waals surface area contributed by atoms with Gasteiger partial charge in [0.15, 0.2) is 6.61 Å². The van der Waals surface area contributed by atoms with E-state index in [2.05, 4.69) is 13.8 Å². The van der Waals surface area contributed by atoms with Crippen LogP contribution in [0.1, 0.15) is 38.7 Å². The minimum Gasteiger partial charge on any atom is -0.484 e. The van der Waals surface area contributed by atoms with Crippen molar-refractivity contribution in [3.63, 3.8) is 0 Å². The number of aliphatic hydroxyl groups excluding tert-OH is 1. The number of aliphatic hydroxyl groups is 1. The van der Waals surface area contributed by atoms with E-state index in [9.17, 15) is 4.79 Å². The van der Waals surface area contributed by atoms with Crippen LogP contribution < -0.4 is 4.74 Å². The van der Waals surface area contributed by atoms with Crippen molar-refractivity contribution in [1.82, 2.24) is 4.90 Å². The third kappa shape index (κ3) is 2.60. The Kier molecular flexibility index (Phi) is 4.13. The zero-order valence-corrected chi connectivity index (χ0v) is 13.4. The van der Waals surface area contributed by atoms with Crippen LogP contribution in [-0.2, 0) is 11.4 Å². The van der Waals surface area contributed by atoms with Crippen LogP contribution in [0.3, 0.4) is 0 Å². The van der Waals surface area contributed by atoms with Crippen LogP contribution in [0.5, 0.6) is 5.75 Å². The summed E-state index contributed by atoms with van der Waals surface area (Å²) in [7, 11) is 0. The molecule has 4 heteroatoms. The first-order valence-corrected chi connectivity index (χ1v) is 8.18. The summed E-state index contributed by atoms with van der Waals surface area (Å²) in [5.74, 6) is 1.26. The second-order valence-corrected chi connectivity index (χ2v) is 7.02.